The van der Waals surface area contributed by atoms with Gasteiger partial charge in [-0.05, 0) is 48.2 Å². The Labute approximate surface area is 190 Å². The van der Waals surface area contributed by atoms with Gasteiger partial charge in [-0.1, -0.05) is 0 Å². The molecular weight excluding hydrogens is 428 g/mol. The summed E-state index contributed by atoms with van der Waals surface area (Å²) >= 11 is 0. The molecule has 2 aromatic heterocycles. The van der Waals surface area contributed by atoms with Gasteiger partial charge in [0.15, 0.2) is 23.0 Å². The van der Waals surface area contributed by atoms with Crippen molar-refractivity contribution in [2.24, 2.45) is 0 Å². The molecule has 4 aromatic rings. The van der Waals surface area contributed by atoms with E-state index in [1.807, 2.05) is 24.3 Å². The second kappa shape index (κ2) is 9.86. The van der Waals surface area contributed by atoms with E-state index in [0.29, 0.717) is 23.0 Å². The van der Waals surface area contributed by atoms with Gasteiger partial charge in [0.25, 0.3) is 0 Å². The fourth-order valence-corrected chi connectivity index (χ4v) is 4.15. The van der Waals surface area contributed by atoms with Crippen LogP contribution in [-0.4, -0.2) is 54.8 Å². The van der Waals surface area contributed by atoms with E-state index in [0.717, 1.165) is 46.0 Å². The molecule has 0 fully saturated rings. The number of hydrogen-bond acceptors (Lipinski definition) is 6. The molecule has 0 radical (unpaired) electrons. The first-order chi connectivity index (χ1) is 14.6. The second-order valence-electron chi connectivity index (χ2n) is 7.29. The van der Waals surface area contributed by atoms with Crippen LogP contribution in [0.25, 0.3) is 33.2 Å². The van der Waals surface area contributed by atoms with Gasteiger partial charge in [-0.2, -0.15) is 0 Å². The van der Waals surface area contributed by atoms with Gasteiger partial charge in [0.05, 0.1) is 50.9 Å². The lowest BCUT2D eigenvalue weighted by Gasteiger charge is -2.20. The molecule has 0 saturated heterocycles. The maximum Gasteiger partial charge on any atom is 0.162 e. The summed E-state index contributed by atoms with van der Waals surface area (Å²) in [6.07, 6.45) is 1.83. The third-order valence-electron chi connectivity index (χ3n) is 5.69. The van der Waals surface area contributed by atoms with Crippen molar-refractivity contribution in [1.82, 2.24) is 9.97 Å². The van der Waals surface area contributed by atoms with Gasteiger partial charge in [0, 0.05) is 22.9 Å². The lowest BCUT2D eigenvalue weighted by atomic mass is 9.90. The zero-order valence-corrected chi connectivity index (χ0v) is 18.9. The topological polar surface area (TPSA) is 157 Å². The van der Waals surface area contributed by atoms with Crippen LogP contribution in [0.4, 0.5) is 0 Å². The minimum Gasteiger partial charge on any atom is -0.493 e. The van der Waals surface area contributed by atoms with Gasteiger partial charge in [0.2, 0.25) is 0 Å². The van der Waals surface area contributed by atoms with Crippen molar-refractivity contribution in [3.8, 4) is 34.4 Å². The summed E-state index contributed by atoms with van der Waals surface area (Å²) in [7, 11) is 6.55. The fourth-order valence-electron chi connectivity index (χ4n) is 4.15. The second-order valence-corrected chi connectivity index (χ2v) is 7.29. The minimum atomic E-state index is 0. The summed E-state index contributed by atoms with van der Waals surface area (Å²) in [5, 5.41) is 2.06. The molecule has 0 atom stereocenters. The number of hydrogen-bond donors (Lipinski definition) is 0. The lowest BCUT2D eigenvalue weighted by Crippen LogP contribution is -2.08. The third-order valence-corrected chi connectivity index (χ3v) is 5.69. The Bertz CT molecular complexity index is 1210. The number of ether oxygens (including phenoxy) is 4. The maximum absolute atomic E-state index is 5.46. The summed E-state index contributed by atoms with van der Waals surface area (Å²) in [4.78, 5) is 9.94. The van der Waals surface area contributed by atoms with Crippen molar-refractivity contribution >= 4 is 21.8 Å². The van der Waals surface area contributed by atoms with Crippen molar-refractivity contribution in [1.29, 1.82) is 0 Å². The highest BCUT2D eigenvalue weighted by Gasteiger charge is 2.22. The molecular formula is C24H28N2O7. The quantitative estimate of drug-likeness (QED) is 0.457. The summed E-state index contributed by atoms with van der Waals surface area (Å²) in [5.41, 5.74) is 5.94. The summed E-state index contributed by atoms with van der Waals surface area (Å²) < 4.78 is 21.8. The third kappa shape index (κ3) is 4.09. The Kier molecular flexibility index (Phi) is 7.65. The average Bonchev–Trinajstić information content (AvgIpc) is 2.79. The van der Waals surface area contributed by atoms with E-state index in [4.69, 9.17) is 28.9 Å². The summed E-state index contributed by atoms with van der Waals surface area (Å²) in [6.45, 7) is 0. The number of rotatable bonds is 4. The number of aryl methyl sites for hydroxylation is 2. The minimum absolute atomic E-state index is 0. The molecule has 5 rings (SSSR count). The number of nitrogens with zero attached hydrogens (tertiary/aromatic N) is 2. The highest BCUT2D eigenvalue weighted by atomic mass is 16.5. The van der Waals surface area contributed by atoms with Crippen LogP contribution in [-0.2, 0) is 12.8 Å². The first-order valence-electron chi connectivity index (χ1n) is 9.77. The zero-order valence-electron chi connectivity index (χ0n) is 18.9. The molecule has 1 aliphatic rings. The van der Waals surface area contributed by atoms with Crippen LogP contribution in [0.3, 0.4) is 0 Å². The first kappa shape index (κ1) is 25.6. The molecule has 0 bridgehead atoms. The van der Waals surface area contributed by atoms with Crippen molar-refractivity contribution in [3.05, 3.63) is 47.5 Å². The van der Waals surface area contributed by atoms with Crippen LogP contribution in [0.2, 0.25) is 0 Å². The van der Waals surface area contributed by atoms with Gasteiger partial charge >= 0.3 is 0 Å². The number of methoxy groups -OCH3 is 4. The number of aromatic nitrogens is 2. The van der Waals surface area contributed by atoms with Crippen molar-refractivity contribution < 1.29 is 35.4 Å². The molecule has 0 amide bonds. The van der Waals surface area contributed by atoms with Crippen molar-refractivity contribution in [2.75, 3.05) is 28.4 Å². The molecule has 0 aliphatic heterocycles. The highest BCUT2D eigenvalue weighted by molar-refractivity contribution is 5.90. The molecule has 0 spiro atoms. The Morgan fingerprint density at radius 1 is 0.515 bits per heavy atom. The molecule has 9 heteroatoms. The van der Waals surface area contributed by atoms with Crippen LogP contribution in [0, 0.1) is 0 Å². The first-order valence-corrected chi connectivity index (χ1v) is 9.77. The van der Waals surface area contributed by atoms with E-state index in [1.165, 1.54) is 11.1 Å². The molecule has 9 nitrogen and oxygen atoms in total. The van der Waals surface area contributed by atoms with Crippen LogP contribution in [0.1, 0.15) is 11.1 Å². The molecule has 0 saturated carbocycles. The normalized spacial score (nSPS) is 11.3. The molecule has 6 N–H and O–H groups in total. The Morgan fingerprint density at radius 2 is 0.848 bits per heavy atom. The summed E-state index contributed by atoms with van der Waals surface area (Å²) in [6, 6.07) is 12.1. The molecule has 2 heterocycles. The molecule has 33 heavy (non-hydrogen) atoms. The summed E-state index contributed by atoms with van der Waals surface area (Å²) in [5.74, 6) is 2.73. The Morgan fingerprint density at radius 3 is 1.18 bits per heavy atom. The number of pyridine rings is 2. The van der Waals surface area contributed by atoms with Gasteiger partial charge < -0.3 is 35.4 Å². The molecule has 176 valence electrons. The van der Waals surface area contributed by atoms with Crippen LogP contribution >= 0.6 is 0 Å². The van der Waals surface area contributed by atoms with E-state index in [1.54, 1.807) is 28.4 Å². The SMILES string of the molecule is COc1cc2cc3c(nc2cc1OC)-c1nc2cc(OC)c(OC)cc2cc1CC3.O.O.O. The van der Waals surface area contributed by atoms with Crippen LogP contribution < -0.4 is 18.9 Å². The van der Waals surface area contributed by atoms with Crippen molar-refractivity contribution in [2.45, 2.75) is 12.8 Å². The number of benzene rings is 2. The smallest absolute Gasteiger partial charge is 0.162 e. The van der Waals surface area contributed by atoms with Gasteiger partial charge in [-0.25, -0.2) is 9.97 Å². The molecule has 2 aromatic carbocycles. The molecule has 0 unspecified atom stereocenters. The van der Waals surface area contributed by atoms with Gasteiger partial charge in [-0.15, -0.1) is 0 Å². The average molecular weight is 456 g/mol. The highest BCUT2D eigenvalue weighted by Crippen LogP contribution is 2.39. The van der Waals surface area contributed by atoms with Crippen molar-refractivity contribution in [3.63, 3.8) is 0 Å². The monoisotopic (exact) mass is 456 g/mol. The van der Waals surface area contributed by atoms with Crippen LogP contribution in [0.5, 0.6) is 23.0 Å². The predicted octanol–water partition coefficient (Wildman–Crippen LogP) is 2.11. The standard InChI is InChI=1S/C24H22N2O4.3H2O/c1-27-19-9-15-7-13-5-6-14-8-16-10-20(28-2)22(30-4)12-18(16)26-24(14)23(13)25-17(15)11-21(19)29-3;;;/h7-12H,5-6H2,1-4H3;3*1H2. The van der Waals surface area contributed by atoms with E-state index >= 15 is 0 Å². The zero-order chi connectivity index (χ0) is 20.8. The fraction of sp³-hybridized carbons (Fsp3) is 0.250. The predicted molar refractivity (Wildman–Crippen MR) is 127 cm³/mol. The lowest BCUT2D eigenvalue weighted by molar-refractivity contribution is 0.356. The maximum atomic E-state index is 5.46. The van der Waals surface area contributed by atoms with Gasteiger partial charge in [-0.3, -0.25) is 0 Å². The van der Waals surface area contributed by atoms with E-state index in [2.05, 4.69) is 12.1 Å². The van der Waals surface area contributed by atoms with E-state index in [-0.39, 0.29) is 16.4 Å². The van der Waals surface area contributed by atoms with Gasteiger partial charge in [0.1, 0.15) is 0 Å². The Balaban J connectivity index is 0.00000128. The van der Waals surface area contributed by atoms with E-state index < -0.39 is 0 Å². The van der Waals surface area contributed by atoms with E-state index in [9.17, 15) is 0 Å². The Hall–Kier alpha value is -3.66. The molecule has 1 aliphatic carbocycles. The largest absolute Gasteiger partial charge is 0.493 e. The number of fused-ring (bicyclic) bond motifs is 5. The van der Waals surface area contributed by atoms with Crippen LogP contribution in [0.15, 0.2) is 36.4 Å².